The van der Waals surface area contributed by atoms with Gasteiger partial charge < -0.3 is 24.6 Å². The number of methoxy groups -OCH3 is 1. The SMILES string of the molecule is COC1[C@H]2C[C@@H](C(=O)O)N1C(=O)[C@H](C(C)(C)C)NC(=O)OCCCCCc1ccc3ccnc(c3c1)O2. The van der Waals surface area contributed by atoms with Crippen LogP contribution in [0.1, 0.15) is 52.0 Å². The Morgan fingerprint density at radius 2 is 1.97 bits per heavy atom. The van der Waals surface area contributed by atoms with Gasteiger partial charge in [-0.15, -0.1) is 0 Å². The molecule has 4 bridgehead atoms. The number of aromatic nitrogens is 1. The molecule has 4 rings (SSSR count). The van der Waals surface area contributed by atoms with Crippen LogP contribution in [0.15, 0.2) is 30.5 Å². The van der Waals surface area contributed by atoms with E-state index in [-0.39, 0.29) is 13.0 Å². The number of carbonyl (C=O) groups is 3. The summed E-state index contributed by atoms with van der Waals surface area (Å²) in [7, 11) is 1.40. The number of nitrogens with one attached hydrogen (secondary N) is 1. The van der Waals surface area contributed by atoms with Gasteiger partial charge >= 0.3 is 12.1 Å². The second-order valence-corrected chi connectivity index (χ2v) is 10.7. The number of alkyl carbamates (subject to hydrolysis) is 1. The molecule has 2 N–H and O–H groups in total. The lowest BCUT2D eigenvalue weighted by molar-refractivity contribution is -0.161. The van der Waals surface area contributed by atoms with E-state index in [1.165, 1.54) is 12.0 Å². The number of pyridine rings is 1. The molecule has 0 radical (unpaired) electrons. The predicted octanol–water partition coefficient (Wildman–Crippen LogP) is 3.51. The second-order valence-electron chi connectivity index (χ2n) is 10.7. The molecule has 1 unspecified atom stereocenters. The van der Waals surface area contributed by atoms with E-state index in [1.807, 2.05) is 18.2 Å². The summed E-state index contributed by atoms with van der Waals surface area (Å²) >= 11 is 0. The number of nitrogens with zero attached hydrogens (tertiary/aromatic N) is 2. The number of rotatable bonds is 2. The molecular formula is C27H35N3O7. The highest BCUT2D eigenvalue weighted by atomic mass is 16.6. The zero-order chi connectivity index (χ0) is 26.7. The predicted molar refractivity (Wildman–Crippen MR) is 135 cm³/mol. The fraction of sp³-hybridized carbons (Fsp3) is 0.556. The minimum absolute atomic E-state index is 0.00134. The molecule has 1 aromatic carbocycles. The minimum atomic E-state index is -1.21. The lowest BCUT2D eigenvalue weighted by atomic mass is 9.85. The van der Waals surface area contributed by atoms with Crippen molar-refractivity contribution >= 4 is 28.7 Å². The van der Waals surface area contributed by atoms with Crippen LogP contribution in [0.2, 0.25) is 0 Å². The highest BCUT2D eigenvalue weighted by Crippen LogP contribution is 2.34. The molecular weight excluding hydrogens is 478 g/mol. The first-order chi connectivity index (χ1) is 17.6. The average molecular weight is 514 g/mol. The summed E-state index contributed by atoms with van der Waals surface area (Å²) in [5.41, 5.74) is 0.387. The molecule has 2 amide bonds. The van der Waals surface area contributed by atoms with Crippen molar-refractivity contribution in [3.8, 4) is 5.88 Å². The molecule has 0 saturated carbocycles. The number of fused-ring (bicyclic) bond motifs is 3. The highest BCUT2D eigenvalue weighted by Gasteiger charge is 2.52. The van der Waals surface area contributed by atoms with Crippen molar-refractivity contribution in [2.45, 2.75) is 77.3 Å². The van der Waals surface area contributed by atoms with Gasteiger partial charge in [0.25, 0.3) is 0 Å². The van der Waals surface area contributed by atoms with Crippen LogP contribution in [-0.2, 0) is 25.5 Å². The Kier molecular flexibility index (Phi) is 7.87. The smallest absolute Gasteiger partial charge is 0.407 e. The first-order valence-electron chi connectivity index (χ1n) is 12.7. The van der Waals surface area contributed by atoms with Crippen molar-refractivity contribution in [2.75, 3.05) is 13.7 Å². The summed E-state index contributed by atoms with van der Waals surface area (Å²) in [6, 6.07) is 5.75. The number of carboxylic acids is 1. The van der Waals surface area contributed by atoms with Crippen LogP contribution in [0.25, 0.3) is 10.8 Å². The average Bonchev–Trinajstić information content (AvgIpc) is 3.22. The van der Waals surface area contributed by atoms with E-state index in [4.69, 9.17) is 14.2 Å². The van der Waals surface area contributed by atoms with Crippen LogP contribution in [-0.4, -0.2) is 71.1 Å². The molecule has 200 valence electrons. The molecule has 0 spiro atoms. The Morgan fingerprint density at radius 3 is 2.68 bits per heavy atom. The summed E-state index contributed by atoms with van der Waals surface area (Å²) in [4.78, 5) is 44.3. The lowest BCUT2D eigenvalue weighted by Gasteiger charge is -2.36. The van der Waals surface area contributed by atoms with E-state index in [0.717, 1.165) is 35.6 Å². The molecule has 3 heterocycles. The van der Waals surface area contributed by atoms with Crippen molar-refractivity contribution in [1.29, 1.82) is 0 Å². The molecule has 2 aromatic rings. The van der Waals surface area contributed by atoms with Gasteiger partial charge in [-0.05, 0) is 54.2 Å². The second kappa shape index (κ2) is 10.9. The summed E-state index contributed by atoms with van der Waals surface area (Å²) in [5, 5.41) is 14.5. The van der Waals surface area contributed by atoms with Crippen LogP contribution in [0, 0.1) is 5.41 Å². The van der Waals surface area contributed by atoms with Gasteiger partial charge in [0.1, 0.15) is 18.2 Å². The number of carbonyl (C=O) groups excluding carboxylic acids is 2. The summed E-state index contributed by atoms with van der Waals surface area (Å²) < 4.78 is 17.3. The Balaban J connectivity index is 1.76. The molecule has 4 atom stereocenters. The molecule has 10 heteroatoms. The minimum Gasteiger partial charge on any atom is -0.480 e. The Bertz CT molecular complexity index is 1160. The largest absolute Gasteiger partial charge is 0.480 e. The van der Waals surface area contributed by atoms with Crippen molar-refractivity contribution in [2.24, 2.45) is 5.41 Å². The van der Waals surface area contributed by atoms with E-state index in [1.54, 1.807) is 27.0 Å². The number of hydrogen-bond acceptors (Lipinski definition) is 7. The van der Waals surface area contributed by atoms with Gasteiger partial charge in [-0.25, -0.2) is 14.6 Å². The normalized spacial score (nSPS) is 25.7. The van der Waals surface area contributed by atoms with Crippen LogP contribution in [0.4, 0.5) is 4.79 Å². The summed E-state index contributed by atoms with van der Waals surface area (Å²) in [5.74, 6) is -1.40. The number of ether oxygens (including phenoxy) is 3. The number of cyclic esters (lactones) is 1. The van der Waals surface area contributed by atoms with Gasteiger partial charge in [-0.3, -0.25) is 9.69 Å². The number of hydrogen-bond donors (Lipinski definition) is 2. The van der Waals surface area contributed by atoms with Crippen molar-refractivity contribution < 1.29 is 33.7 Å². The van der Waals surface area contributed by atoms with Crippen LogP contribution < -0.4 is 10.1 Å². The van der Waals surface area contributed by atoms with Crippen molar-refractivity contribution in [1.82, 2.24) is 15.2 Å². The number of aryl methyl sites for hydroxylation is 1. The van der Waals surface area contributed by atoms with Gasteiger partial charge in [-0.2, -0.15) is 0 Å². The lowest BCUT2D eigenvalue weighted by Crippen LogP contribution is -2.59. The number of benzene rings is 1. The molecule has 0 aliphatic carbocycles. The van der Waals surface area contributed by atoms with Crippen molar-refractivity contribution in [3.05, 3.63) is 36.0 Å². The molecule has 2 aliphatic heterocycles. The van der Waals surface area contributed by atoms with Crippen molar-refractivity contribution in [3.63, 3.8) is 0 Å². The number of amides is 2. The first-order valence-corrected chi connectivity index (χ1v) is 12.7. The van der Waals surface area contributed by atoms with Gasteiger partial charge in [0.05, 0.1) is 6.61 Å². The van der Waals surface area contributed by atoms with Crippen LogP contribution >= 0.6 is 0 Å². The fourth-order valence-corrected chi connectivity index (χ4v) is 4.99. The maximum atomic E-state index is 13.8. The molecule has 10 nitrogen and oxygen atoms in total. The van der Waals surface area contributed by atoms with Gasteiger partial charge in [-0.1, -0.05) is 32.9 Å². The van der Waals surface area contributed by atoms with Gasteiger partial charge in [0.15, 0.2) is 6.23 Å². The number of carboxylic acid groups (broad SMARTS) is 1. The molecule has 2 aliphatic rings. The Labute approximate surface area is 216 Å². The Hall–Kier alpha value is -3.40. The van der Waals surface area contributed by atoms with E-state index >= 15 is 0 Å². The zero-order valence-corrected chi connectivity index (χ0v) is 21.7. The third-order valence-electron chi connectivity index (χ3n) is 6.94. The first kappa shape index (κ1) is 26.7. The molecule has 1 saturated heterocycles. The highest BCUT2D eigenvalue weighted by molar-refractivity contribution is 5.91. The third kappa shape index (κ3) is 5.79. The summed E-state index contributed by atoms with van der Waals surface area (Å²) in [6.07, 6.45) is 2.45. The zero-order valence-electron chi connectivity index (χ0n) is 21.7. The number of aliphatic carboxylic acids is 1. The monoisotopic (exact) mass is 513 g/mol. The maximum Gasteiger partial charge on any atom is 0.407 e. The Morgan fingerprint density at radius 1 is 1.19 bits per heavy atom. The molecule has 37 heavy (non-hydrogen) atoms. The van der Waals surface area contributed by atoms with Crippen LogP contribution in [0.3, 0.4) is 0 Å². The standard InChI is InChI=1S/C27H35N3O7/c1-27(2,3)21-23(31)30-19(25(32)33)15-20(24(30)35-4)37-22-18-14-16(9-10-17(18)11-12-28-22)8-6-5-7-13-36-26(34)29-21/h9-12,14,19-21,24H,5-8,13,15H2,1-4H3,(H,29,34)(H,32,33)/t19-,20+,21+,24?/m0/s1. The van der Waals surface area contributed by atoms with E-state index in [2.05, 4.69) is 16.4 Å². The third-order valence-corrected chi connectivity index (χ3v) is 6.94. The van der Waals surface area contributed by atoms with Crippen LogP contribution in [0.5, 0.6) is 5.88 Å². The van der Waals surface area contributed by atoms with E-state index < -0.39 is 47.8 Å². The molecule has 1 fully saturated rings. The molecule has 1 aromatic heterocycles. The maximum absolute atomic E-state index is 13.8. The summed E-state index contributed by atoms with van der Waals surface area (Å²) in [6.45, 7) is 5.60. The quantitative estimate of drug-likeness (QED) is 0.625. The fourth-order valence-electron chi connectivity index (χ4n) is 4.99. The topological polar surface area (TPSA) is 127 Å². The van der Waals surface area contributed by atoms with E-state index in [9.17, 15) is 19.5 Å². The van der Waals surface area contributed by atoms with Gasteiger partial charge in [0, 0.05) is 25.1 Å². The van der Waals surface area contributed by atoms with Gasteiger partial charge in [0.2, 0.25) is 11.8 Å². The van der Waals surface area contributed by atoms with E-state index in [0.29, 0.717) is 12.3 Å².